The van der Waals surface area contributed by atoms with Crippen LogP contribution >= 0.6 is 0 Å². The van der Waals surface area contributed by atoms with Gasteiger partial charge in [0.05, 0.1) is 4.92 Å². The molecule has 1 saturated heterocycles. The first-order chi connectivity index (χ1) is 12.1. The second-order valence-corrected chi connectivity index (χ2v) is 5.45. The Morgan fingerprint density at radius 1 is 1.12 bits per heavy atom. The minimum absolute atomic E-state index is 0.0914. The number of nitro groups is 1. The quantitative estimate of drug-likeness (QED) is 0.400. The molecule has 2 aromatic carbocycles. The van der Waals surface area contributed by atoms with E-state index in [0.29, 0.717) is 13.1 Å². The molecule has 0 saturated carbocycles. The maximum absolute atomic E-state index is 12.6. The number of anilines is 1. The van der Waals surface area contributed by atoms with Crippen LogP contribution in [0.1, 0.15) is 10.4 Å². The van der Waals surface area contributed by atoms with Gasteiger partial charge in [-0.2, -0.15) is 0 Å². The number of non-ortho nitro benzene ring substituents is 1. The lowest BCUT2D eigenvalue weighted by Crippen LogP contribution is -2.46. The number of piperazine rings is 1. The summed E-state index contributed by atoms with van der Waals surface area (Å²) in [6.45, 7) is 1.03. The molecular formula is C18H15N3O4. The van der Waals surface area contributed by atoms with Crippen molar-refractivity contribution in [2.45, 2.75) is 0 Å². The Balaban J connectivity index is 1.81. The van der Waals surface area contributed by atoms with Crippen molar-refractivity contribution in [3.05, 3.63) is 82.0 Å². The summed E-state index contributed by atoms with van der Waals surface area (Å²) in [6, 6.07) is 14.5. The Bertz CT molecular complexity index is 844. The van der Waals surface area contributed by atoms with E-state index in [4.69, 9.17) is 0 Å². The number of nitrogens with zero attached hydrogens (tertiary/aromatic N) is 2. The number of allylic oxidation sites excluding steroid dienone is 1. The van der Waals surface area contributed by atoms with E-state index in [9.17, 15) is 19.7 Å². The summed E-state index contributed by atoms with van der Waals surface area (Å²) in [4.78, 5) is 36.6. The third-order valence-electron chi connectivity index (χ3n) is 3.83. The zero-order valence-corrected chi connectivity index (χ0v) is 13.2. The molecule has 1 aliphatic rings. The summed E-state index contributed by atoms with van der Waals surface area (Å²) in [7, 11) is 0. The Kier molecular flexibility index (Phi) is 4.56. The molecule has 126 valence electrons. The number of hydrogen-bond donors (Lipinski definition) is 1. The standard InChI is InChI=1S/C18H15N3O4/c22-17(13-6-8-15(9-7-13)21(24)25)12-16-18(23)20(11-10-19-16)14-4-2-1-3-5-14/h1-9,12,19H,10-11H2. The normalized spacial score (nSPS) is 15.8. The van der Waals surface area contributed by atoms with Crippen LogP contribution in [-0.2, 0) is 4.79 Å². The average molecular weight is 337 g/mol. The molecule has 1 fully saturated rings. The maximum Gasteiger partial charge on any atom is 0.274 e. The van der Waals surface area contributed by atoms with E-state index < -0.39 is 4.92 Å². The van der Waals surface area contributed by atoms with Crippen molar-refractivity contribution in [2.24, 2.45) is 0 Å². The zero-order chi connectivity index (χ0) is 17.8. The van der Waals surface area contributed by atoms with Crippen LogP contribution in [0.2, 0.25) is 0 Å². The molecule has 0 atom stereocenters. The molecule has 1 heterocycles. The van der Waals surface area contributed by atoms with Gasteiger partial charge in [-0.25, -0.2) is 0 Å². The summed E-state index contributed by atoms with van der Waals surface area (Å²) < 4.78 is 0. The van der Waals surface area contributed by atoms with Crippen molar-refractivity contribution in [2.75, 3.05) is 18.0 Å². The highest BCUT2D eigenvalue weighted by Gasteiger charge is 2.25. The molecule has 7 heteroatoms. The maximum atomic E-state index is 12.6. The fourth-order valence-corrected chi connectivity index (χ4v) is 2.55. The summed E-state index contributed by atoms with van der Waals surface area (Å²) >= 11 is 0. The fraction of sp³-hybridized carbons (Fsp3) is 0.111. The lowest BCUT2D eigenvalue weighted by Gasteiger charge is -2.29. The van der Waals surface area contributed by atoms with Gasteiger partial charge >= 0.3 is 0 Å². The van der Waals surface area contributed by atoms with E-state index in [1.54, 1.807) is 4.90 Å². The Morgan fingerprint density at radius 3 is 2.44 bits per heavy atom. The summed E-state index contributed by atoms with van der Waals surface area (Å²) in [5.41, 5.74) is 1.16. The highest BCUT2D eigenvalue weighted by molar-refractivity contribution is 6.13. The Morgan fingerprint density at radius 2 is 1.80 bits per heavy atom. The average Bonchev–Trinajstić information content (AvgIpc) is 2.64. The number of ketones is 1. The van der Waals surface area contributed by atoms with Gasteiger partial charge in [0.1, 0.15) is 5.70 Å². The van der Waals surface area contributed by atoms with Crippen molar-refractivity contribution >= 4 is 23.1 Å². The summed E-state index contributed by atoms with van der Waals surface area (Å²) in [6.07, 6.45) is 1.23. The van der Waals surface area contributed by atoms with Crippen LogP contribution in [0.3, 0.4) is 0 Å². The van der Waals surface area contributed by atoms with E-state index in [0.717, 1.165) is 5.69 Å². The molecule has 0 aliphatic carbocycles. The van der Waals surface area contributed by atoms with Crippen molar-refractivity contribution in [1.29, 1.82) is 0 Å². The zero-order valence-electron chi connectivity index (χ0n) is 13.2. The van der Waals surface area contributed by atoms with Crippen LogP contribution in [0.5, 0.6) is 0 Å². The second kappa shape index (κ2) is 6.96. The number of benzene rings is 2. The number of para-hydroxylation sites is 1. The molecule has 7 nitrogen and oxygen atoms in total. The topological polar surface area (TPSA) is 92.6 Å². The van der Waals surface area contributed by atoms with Crippen LogP contribution in [0.4, 0.5) is 11.4 Å². The number of hydrogen-bond acceptors (Lipinski definition) is 5. The lowest BCUT2D eigenvalue weighted by atomic mass is 10.1. The van der Waals surface area contributed by atoms with Gasteiger partial charge in [-0.1, -0.05) is 18.2 Å². The molecule has 0 spiro atoms. The van der Waals surface area contributed by atoms with Crippen LogP contribution in [0, 0.1) is 10.1 Å². The van der Waals surface area contributed by atoms with Crippen molar-refractivity contribution < 1.29 is 14.5 Å². The minimum atomic E-state index is -0.531. The molecule has 25 heavy (non-hydrogen) atoms. The second-order valence-electron chi connectivity index (χ2n) is 5.45. The van der Waals surface area contributed by atoms with E-state index in [-0.39, 0.29) is 28.6 Å². The number of amides is 1. The molecule has 2 aromatic rings. The highest BCUT2D eigenvalue weighted by atomic mass is 16.6. The van der Waals surface area contributed by atoms with Crippen molar-refractivity contribution in [1.82, 2.24) is 5.32 Å². The number of nitrogens with one attached hydrogen (secondary N) is 1. The molecule has 3 rings (SSSR count). The third-order valence-corrected chi connectivity index (χ3v) is 3.83. The van der Waals surface area contributed by atoms with E-state index in [1.807, 2.05) is 30.3 Å². The van der Waals surface area contributed by atoms with Crippen molar-refractivity contribution in [3.63, 3.8) is 0 Å². The molecule has 0 aromatic heterocycles. The Labute approximate surface area is 143 Å². The van der Waals surface area contributed by atoms with Gasteiger partial charge in [-0.15, -0.1) is 0 Å². The van der Waals surface area contributed by atoms with Gasteiger partial charge in [0.15, 0.2) is 5.78 Å². The first kappa shape index (κ1) is 16.4. The molecule has 1 aliphatic heterocycles. The number of rotatable bonds is 4. The number of carbonyl (C=O) groups excluding carboxylic acids is 2. The molecule has 0 radical (unpaired) electrons. The molecule has 0 bridgehead atoms. The van der Waals surface area contributed by atoms with Crippen LogP contribution in [0.15, 0.2) is 66.4 Å². The van der Waals surface area contributed by atoms with Gasteiger partial charge in [-0.05, 0) is 24.3 Å². The first-order valence-corrected chi connectivity index (χ1v) is 7.67. The largest absolute Gasteiger partial charge is 0.379 e. The Hall–Kier alpha value is -3.48. The predicted molar refractivity (Wildman–Crippen MR) is 92.3 cm³/mol. The van der Waals surface area contributed by atoms with Crippen LogP contribution < -0.4 is 10.2 Å². The van der Waals surface area contributed by atoms with Crippen LogP contribution in [0.25, 0.3) is 0 Å². The van der Waals surface area contributed by atoms with E-state index in [1.165, 1.54) is 30.3 Å². The first-order valence-electron chi connectivity index (χ1n) is 7.67. The summed E-state index contributed by atoms with van der Waals surface area (Å²) in [5, 5.41) is 13.6. The number of carbonyl (C=O) groups is 2. The van der Waals surface area contributed by atoms with Gasteiger partial charge in [-0.3, -0.25) is 19.7 Å². The minimum Gasteiger partial charge on any atom is -0.379 e. The third kappa shape index (κ3) is 3.55. The van der Waals surface area contributed by atoms with Gasteiger partial charge in [0.25, 0.3) is 11.6 Å². The van der Waals surface area contributed by atoms with Gasteiger partial charge in [0, 0.05) is 42.5 Å². The highest BCUT2D eigenvalue weighted by Crippen LogP contribution is 2.18. The van der Waals surface area contributed by atoms with Crippen LogP contribution in [-0.4, -0.2) is 29.7 Å². The SMILES string of the molecule is O=C(C=C1NCCN(c2ccccc2)C1=O)c1ccc([N+](=O)[O-])cc1. The molecule has 0 unspecified atom stereocenters. The van der Waals surface area contributed by atoms with E-state index in [2.05, 4.69) is 5.32 Å². The monoisotopic (exact) mass is 337 g/mol. The molecular weight excluding hydrogens is 322 g/mol. The molecule has 1 N–H and O–H groups in total. The predicted octanol–water partition coefficient (Wildman–Crippen LogP) is 2.30. The number of nitro benzene ring substituents is 1. The fourth-order valence-electron chi connectivity index (χ4n) is 2.55. The summed E-state index contributed by atoms with van der Waals surface area (Å²) in [5.74, 6) is -0.673. The molecule has 1 amide bonds. The lowest BCUT2D eigenvalue weighted by molar-refractivity contribution is -0.384. The van der Waals surface area contributed by atoms with Crippen molar-refractivity contribution in [3.8, 4) is 0 Å². The van der Waals surface area contributed by atoms with E-state index >= 15 is 0 Å². The smallest absolute Gasteiger partial charge is 0.274 e. The van der Waals surface area contributed by atoms with Gasteiger partial charge < -0.3 is 10.2 Å². The van der Waals surface area contributed by atoms with Gasteiger partial charge in [0.2, 0.25) is 0 Å².